The lowest BCUT2D eigenvalue weighted by atomic mass is 10.3. The first-order valence-electron chi connectivity index (χ1n) is 5.39. The van der Waals surface area contributed by atoms with E-state index in [2.05, 4.69) is 11.2 Å². The summed E-state index contributed by atoms with van der Waals surface area (Å²) in [5.74, 6) is 0.950. The molecular weight excluding hydrogens is 266 g/mol. The smallest absolute Gasteiger partial charge is 0.323 e. The molecule has 0 aliphatic heterocycles. The van der Waals surface area contributed by atoms with E-state index >= 15 is 0 Å². The van der Waals surface area contributed by atoms with Gasteiger partial charge in [-0.2, -0.15) is 0 Å². The van der Waals surface area contributed by atoms with Gasteiger partial charge < -0.3 is 15.3 Å². The number of anilines is 1. The second-order valence-electron chi connectivity index (χ2n) is 3.69. The number of carbonyl (C=O) groups excluding carboxylic acids is 1. The van der Waals surface area contributed by atoms with E-state index in [0.717, 1.165) is 11.0 Å². The van der Waals surface area contributed by atoms with Gasteiger partial charge in [0, 0.05) is 17.8 Å². The molecule has 0 saturated heterocycles. The third kappa shape index (κ3) is 4.30. The number of non-ortho nitro benzene ring substituents is 1. The van der Waals surface area contributed by atoms with E-state index in [1.54, 1.807) is 0 Å². The molecule has 8 heteroatoms. The van der Waals surface area contributed by atoms with Gasteiger partial charge in [-0.15, -0.1) is 6.42 Å². The van der Waals surface area contributed by atoms with E-state index in [9.17, 15) is 19.7 Å². The maximum absolute atomic E-state index is 11.8. The molecule has 0 unspecified atom stereocenters. The van der Waals surface area contributed by atoms with Gasteiger partial charge in [0.1, 0.15) is 6.54 Å². The number of urea groups is 1. The minimum Gasteiger partial charge on any atom is -0.480 e. The van der Waals surface area contributed by atoms with Crippen molar-refractivity contribution in [3.63, 3.8) is 0 Å². The Morgan fingerprint density at radius 1 is 1.50 bits per heavy atom. The lowest BCUT2D eigenvalue weighted by Gasteiger charge is -2.18. The molecule has 0 bridgehead atoms. The summed E-state index contributed by atoms with van der Waals surface area (Å²) in [5, 5.41) is 21.6. The van der Waals surface area contributed by atoms with Crippen molar-refractivity contribution in [2.45, 2.75) is 0 Å². The van der Waals surface area contributed by atoms with Gasteiger partial charge >= 0.3 is 12.0 Å². The topological polar surface area (TPSA) is 113 Å². The van der Waals surface area contributed by atoms with Crippen LogP contribution in [0.3, 0.4) is 0 Å². The van der Waals surface area contributed by atoms with E-state index in [0.29, 0.717) is 0 Å². The highest BCUT2D eigenvalue weighted by molar-refractivity contribution is 5.91. The number of aliphatic carboxylic acids is 1. The molecule has 0 spiro atoms. The largest absolute Gasteiger partial charge is 0.480 e. The average Bonchev–Trinajstić information content (AvgIpc) is 2.38. The summed E-state index contributed by atoms with van der Waals surface area (Å²) >= 11 is 0. The SMILES string of the molecule is C#CCN(CC(=O)O)C(=O)Nc1cccc([N+](=O)[O-])c1. The van der Waals surface area contributed by atoms with Crippen LogP contribution >= 0.6 is 0 Å². The number of nitro benzene ring substituents is 1. The number of nitrogens with zero attached hydrogens (tertiary/aromatic N) is 2. The molecule has 0 saturated carbocycles. The number of terminal acetylenes is 1. The molecule has 104 valence electrons. The number of hydrogen-bond donors (Lipinski definition) is 2. The third-order valence-electron chi connectivity index (χ3n) is 2.20. The fraction of sp³-hybridized carbons (Fsp3) is 0.167. The van der Waals surface area contributed by atoms with E-state index in [1.807, 2.05) is 0 Å². The molecule has 8 nitrogen and oxygen atoms in total. The van der Waals surface area contributed by atoms with Crippen molar-refractivity contribution in [2.24, 2.45) is 0 Å². The molecule has 0 fully saturated rings. The Kier molecular flexibility index (Phi) is 5.05. The Bertz CT molecular complexity index is 579. The van der Waals surface area contributed by atoms with Gasteiger partial charge in [-0.25, -0.2) is 4.79 Å². The van der Waals surface area contributed by atoms with Crippen LogP contribution in [0.4, 0.5) is 16.2 Å². The fourth-order valence-corrected chi connectivity index (χ4v) is 1.37. The minimum absolute atomic E-state index is 0.177. The molecule has 1 aromatic rings. The Morgan fingerprint density at radius 3 is 2.75 bits per heavy atom. The van der Waals surface area contributed by atoms with Gasteiger partial charge in [0.25, 0.3) is 5.69 Å². The Morgan fingerprint density at radius 2 is 2.20 bits per heavy atom. The van der Waals surface area contributed by atoms with Crippen molar-refractivity contribution >= 4 is 23.4 Å². The van der Waals surface area contributed by atoms with Gasteiger partial charge in [0.2, 0.25) is 0 Å². The summed E-state index contributed by atoms with van der Waals surface area (Å²) in [7, 11) is 0. The molecule has 1 rings (SSSR count). The summed E-state index contributed by atoms with van der Waals surface area (Å²) in [4.78, 5) is 33.3. The standard InChI is InChI=1S/C12H11N3O5/c1-2-6-14(8-11(16)17)12(18)13-9-4-3-5-10(7-9)15(19)20/h1,3-5,7H,6,8H2,(H,13,18)(H,16,17). The lowest BCUT2D eigenvalue weighted by Crippen LogP contribution is -2.39. The van der Waals surface area contributed by atoms with E-state index in [4.69, 9.17) is 11.5 Å². The number of amides is 2. The molecule has 1 aromatic carbocycles. The quantitative estimate of drug-likeness (QED) is 0.476. The number of carboxylic acids is 1. The van der Waals surface area contributed by atoms with Crippen LogP contribution in [0.25, 0.3) is 0 Å². The summed E-state index contributed by atoms with van der Waals surface area (Å²) in [6.07, 6.45) is 5.05. The van der Waals surface area contributed by atoms with Crippen molar-refractivity contribution in [3.05, 3.63) is 34.4 Å². The van der Waals surface area contributed by atoms with Crippen LogP contribution in [0.2, 0.25) is 0 Å². The summed E-state index contributed by atoms with van der Waals surface area (Å²) < 4.78 is 0. The summed E-state index contributed by atoms with van der Waals surface area (Å²) in [6, 6.07) is 4.53. The monoisotopic (exact) mass is 277 g/mol. The van der Waals surface area contributed by atoms with E-state index in [-0.39, 0.29) is 17.9 Å². The zero-order valence-electron chi connectivity index (χ0n) is 10.3. The second kappa shape index (κ2) is 6.75. The first-order valence-corrected chi connectivity index (χ1v) is 5.39. The van der Waals surface area contributed by atoms with Gasteiger partial charge in [-0.05, 0) is 6.07 Å². The molecule has 2 amide bonds. The Hall–Kier alpha value is -3.08. The fourth-order valence-electron chi connectivity index (χ4n) is 1.37. The van der Waals surface area contributed by atoms with Gasteiger partial charge in [-0.3, -0.25) is 14.9 Å². The van der Waals surface area contributed by atoms with E-state index < -0.39 is 23.5 Å². The first kappa shape index (κ1) is 15.0. The predicted molar refractivity (Wildman–Crippen MR) is 70.2 cm³/mol. The Balaban J connectivity index is 2.82. The highest BCUT2D eigenvalue weighted by atomic mass is 16.6. The van der Waals surface area contributed by atoms with Crippen LogP contribution in [0.15, 0.2) is 24.3 Å². The van der Waals surface area contributed by atoms with Crippen molar-refractivity contribution in [2.75, 3.05) is 18.4 Å². The molecule has 0 aromatic heterocycles. The number of hydrogen-bond acceptors (Lipinski definition) is 4. The maximum Gasteiger partial charge on any atom is 0.323 e. The molecule has 2 N–H and O–H groups in total. The second-order valence-corrected chi connectivity index (χ2v) is 3.69. The van der Waals surface area contributed by atoms with Gasteiger partial charge in [-0.1, -0.05) is 12.0 Å². The maximum atomic E-state index is 11.8. The molecule has 0 atom stereocenters. The average molecular weight is 277 g/mol. The zero-order chi connectivity index (χ0) is 15.1. The minimum atomic E-state index is -1.21. The number of nitro groups is 1. The lowest BCUT2D eigenvalue weighted by molar-refractivity contribution is -0.384. The third-order valence-corrected chi connectivity index (χ3v) is 2.20. The highest BCUT2D eigenvalue weighted by Crippen LogP contribution is 2.17. The molecule has 0 radical (unpaired) electrons. The van der Waals surface area contributed by atoms with Crippen molar-refractivity contribution in [3.8, 4) is 12.3 Å². The number of carboxylic acid groups (broad SMARTS) is 1. The van der Waals surface area contributed by atoms with Gasteiger partial charge in [0.05, 0.1) is 11.5 Å². The van der Waals surface area contributed by atoms with E-state index in [1.165, 1.54) is 18.2 Å². The molecule has 0 heterocycles. The normalized spacial score (nSPS) is 9.35. The zero-order valence-corrected chi connectivity index (χ0v) is 10.3. The first-order chi connectivity index (χ1) is 9.43. The number of nitrogens with one attached hydrogen (secondary N) is 1. The highest BCUT2D eigenvalue weighted by Gasteiger charge is 2.16. The summed E-state index contributed by atoms with van der Waals surface area (Å²) in [5.41, 5.74) is -0.0128. The van der Waals surface area contributed by atoms with Crippen LogP contribution in [0, 0.1) is 22.5 Å². The van der Waals surface area contributed by atoms with Crippen LogP contribution in [0.1, 0.15) is 0 Å². The van der Waals surface area contributed by atoms with Crippen LogP contribution in [0.5, 0.6) is 0 Å². The van der Waals surface area contributed by atoms with Gasteiger partial charge in [0.15, 0.2) is 0 Å². The number of rotatable bonds is 5. The van der Waals surface area contributed by atoms with Crippen LogP contribution < -0.4 is 5.32 Å². The van der Waals surface area contributed by atoms with Crippen LogP contribution in [-0.2, 0) is 4.79 Å². The molecule has 20 heavy (non-hydrogen) atoms. The Labute approximate surface area is 114 Å². The predicted octanol–water partition coefficient (Wildman–Crippen LogP) is 1.15. The van der Waals surface area contributed by atoms with Crippen molar-refractivity contribution in [1.29, 1.82) is 0 Å². The van der Waals surface area contributed by atoms with Crippen molar-refractivity contribution < 1.29 is 19.6 Å². The number of carbonyl (C=O) groups is 2. The van der Waals surface area contributed by atoms with Crippen LogP contribution in [-0.4, -0.2) is 40.0 Å². The summed E-state index contributed by atoms with van der Waals surface area (Å²) in [6.45, 7) is -0.752. The number of benzene rings is 1. The molecule has 0 aliphatic rings. The molecule has 0 aliphatic carbocycles. The van der Waals surface area contributed by atoms with Crippen molar-refractivity contribution in [1.82, 2.24) is 4.90 Å². The molecular formula is C12H11N3O5.